The SMILES string of the molecule is Cc1cc(NC(=O)c2cc(C)n(-c3cccc(Br)c3)c2C)ccc1C(N)=O. The van der Waals surface area contributed by atoms with E-state index in [4.69, 9.17) is 5.73 Å². The van der Waals surface area contributed by atoms with E-state index in [1.54, 1.807) is 25.1 Å². The van der Waals surface area contributed by atoms with Gasteiger partial charge in [-0.05, 0) is 68.8 Å². The fourth-order valence-corrected chi connectivity index (χ4v) is 3.61. The van der Waals surface area contributed by atoms with E-state index in [9.17, 15) is 9.59 Å². The number of amides is 2. The summed E-state index contributed by atoms with van der Waals surface area (Å²) in [5, 5.41) is 2.90. The first-order chi connectivity index (χ1) is 12.8. The third-order valence-corrected chi connectivity index (χ3v) is 4.99. The number of carbonyl (C=O) groups is 2. The van der Waals surface area contributed by atoms with Crippen LogP contribution in [0.1, 0.15) is 37.7 Å². The lowest BCUT2D eigenvalue weighted by Gasteiger charge is -2.11. The lowest BCUT2D eigenvalue weighted by molar-refractivity contribution is 0.0997. The predicted molar refractivity (Wildman–Crippen MR) is 111 cm³/mol. The molecule has 0 aliphatic carbocycles. The van der Waals surface area contributed by atoms with E-state index in [-0.39, 0.29) is 5.91 Å². The fourth-order valence-electron chi connectivity index (χ4n) is 3.22. The molecule has 3 N–H and O–H groups in total. The minimum Gasteiger partial charge on any atom is -0.366 e. The monoisotopic (exact) mass is 425 g/mol. The Morgan fingerprint density at radius 2 is 1.74 bits per heavy atom. The zero-order valence-electron chi connectivity index (χ0n) is 15.3. The van der Waals surface area contributed by atoms with Crippen LogP contribution in [0.15, 0.2) is 53.0 Å². The molecule has 5 nitrogen and oxygen atoms in total. The number of hydrogen-bond donors (Lipinski definition) is 2. The molecular formula is C21H20BrN3O2. The Morgan fingerprint density at radius 1 is 1.00 bits per heavy atom. The molecular weight excluding hydrogens is 406 g/mol. The number of aromatic nitrogens is 1. The summed E-state index contributed by atoms with van der Waals surface area (Å²) in [6.07, 6.45) is 0. The summed E-state index contributed by atoms with van der Waals surface area (Å²) in [5.41, 5.74) is 10.5. The van der Waals surface area contributed by atoms with Gasteiger partial charge in [-0.15, -0.1) is 0 Å². The average molecular weight is 426 g/mol. The first-order valence-electron chi connectivity index (χ1n) is 8.44. The highest BCUT2D eigenvalue weighted by Crippen LogP contribution is 2.24. The number of halogens is 1. The van der Waals surface area contributed by atoms with Gasteiger partial charge in [0, 0.05) is 32.8 Å². The number of anilines is 1. The Balaban J connectivity index is 1.91. The molecule has 2 aromatic carbocycles. The van der Waals surface area contributed by atoms with Crippen molar-refractivity contribution >= 4 is 33.4 Å². The number of carbonyl (C=O) groups excluding carboxylic acids is 2. The quantitative estimate of drug-likeness (QED) is 0.644. The van der Waals surface area contributed by atoms with Crippen LogP contribution >= 0.6 is 15.9 Å². The van der Waals surface area contributed by atoms with E-state index in [0.29, 0.717) is 16.8 Å². The predicted octanol–water partition coefficient (Wildman–Crippen LogP) is 4.52. The van der Waals surface area contributed by atoms with Crippen LogP contribution in [0.2, 0.25) is 0 Å². The molecule has 0 bridgehead atoms. The highest BCUT2D eigenvalue weighted by atomic mass is 79.9. The topological polar surface area (TPSA) is 77.1 Å². The van der Waals surface area contributed by atoms with Gasteiger partial charge in [-0.3, -0.25) is 9.59 Å². The molecule has 0 fully saturated rings. The van der Waals surface area contributed by atoms with Crippen molar-refractivity contribution < 1.29 is 9.59 Å². The zero-order chi connectivity index (χ0) is 19.7. The fraction of sp³-hybridized carbons (Fsp3) is 0.143. The normalized spacial score (nSPS) is 10.7. The van der Waals surface area contributed by atoms with Gasteiger partial charge in [0.25, 0.3) is 5.91 Å². The van der Waals surface area contributed by atoms with Crippen molar-refractivity contribution in [2.45, 2.75) is 20.8 Å². The van der Waals surface area contributed by atoms with Crippen molar-refractivity contribution in [1.82, 2.24) is 4.57 Å². The lowest BCUT2D eigenvalue weighted by atomic mass is 10.1. The highest BCUT2D eigenvalue weighted by Gasteiger charge is 2.17. The third kappa shape index (κ3) is 3.80. The largest absolute Gasteiger partial charge is 0.366 e. The van der Waals surface area contributed by atoms with E-state index >= 15 is 0 Å². The summed E-state index contributed by atoms with van der Waals surface area (Å²) >= 11 is 3.49. The standard InChI is InChI=1S/C21H20BrN3O2/c1-12-9-16(7-8-18(12)20(23)26)24-21(27)19-10-13(2)25(14(19)3)17-6-4-5-15(22)11-17/h4-11H,1-3H3,(H2,23,26)(H,24,27). The number of primary amides is 1. The number of benzene rings is 2. The summed E-state index contributed by atoms with van der Waals surface area (Å²) in [6.45, 7) is 5.68. The molecule has 6 heteroatoms. The van der Waals surface area contributed by atoms with E-state index in [1.807, 2.05) is 48.7 Å². The first kappa shape index (κ1) is 18.9. The Morgan fingerprint density at radius 3 is 2.37 bits per heavy atom. The van der Waals surface area contributed by atoms with Crippen molar-refractivity contribution in [3.8, 4) is 5.69 Å². The van der Waals surface area contributed by atoms with Crippen molar-refractivity contribution in [2.24, 2.45) is 5.73 Å². The van der Waals surface area contributed by atoms with Gasteiger partial charge < -0.3 is 15.6 Å². The van der Waals surface area contributed by atoms with Crippen molar-refractivity contribution in [2.75, 3.05) is 5.32 Å². The number of nitrogens with zero attached hydrogens (tertiary/aromatic N) is 1. The number of rotatable bonds is 4. The minimum atomic E-state index is -0.483. The molecule has 0 radical (unpaired) electrons. The van der Waals surface area contributed by atoms with Crippen LogP contribution in [0.4, 0.5) is 5.69 Å². The van der Waals surface area contributed by atoms with Crippen LogP contribution in [0.5, 0.6) is 0 Å². The number of nitrogens with two attached hydrogens (primary N) is 1. The molecule has 27 heavy (non-hydrogen) atoms. The molecule has 3 aromatic rings. The number of aryl methyl sites for hydroxylation is 2. The second-order valence-electron chi connectivity index (χ2n) is 6.45. The van der Waals surface area contributed by atoms with Gasteiger partial charge in [0.15, 0.2) is 0 Å². The first-order valence-corrected chi connectivity index (χ1v) is 9.24. The lowest BCUT2D eigenvalue weighted by Crippen LogP contribution is -2.15. The van der Waals surface area contributed by atoms with Crippen LogP contribution in [-0.2, 0) is 0 Å². The van der Waals surface area contributed by atoms with Crippen LogP contribution in [0, 0.1) is 20.8 Å². The molecule has 0 aliphatic heterocycles. The smallest absolute Gasteiger partial charge is 0.257 e. The summed E-state index contributed by atoms with van der Waals surface area (Å²) in [7, 11) is 0. The van der Waals surface area contributed by atoms with Gasteiger partial charge in [-0.2, -0.15) is 0 Å². The van der Waals surface area contributed by atoms with Crippen LogP contribution in [0.25, 0.3) is 5.69 Å². The van der Waals surface area contributed by atoms with Gasteiger partial charge in [-0.1, -0.05) is 22.0 Å². The number of hydrogen-bond acceptors (Lipinski definition) is 2. The van der Waals surface area contributed by atoms with Crippen molar-refractivity contribution in [3.05, 3.63) is 81.1 Å². The Labute approximate surface area is 166 Å². The van der Waals surface area contributed by atoms with Gasteiger partial charge in [0.1, 0.15) is 0 Å². The van der Waals surface area contributed by atoms with E-state index in [0.717, 1.165) is 27.1 Å². The van der Waals surface area contributed by atoms with Gasteiger partial charge in [0.05, 0.1) is 5.56 Å². The van der Waals surface area contributed by atoms with Gasteiger partial charge >= 0.3 is 0 Å². The summed E-state index contributed by atoms with van der Waals surface area (Å²) < 4.78 is 3.02. The van der Waals surface area contributed by atoms with Crippen LogP contribution in [0.3, 0.4) is 0 Å². The third-order valence-electron chi connectivity index (χ3n) is 4.49. The zero-order valence-corrected chi connectivity index (χ0v) is 16.9. The van der Waals surface area contributed by atoms with Crippen molar-refractivity contribution in [1.29, 1.82) is 0 Å². The molecule has 0 aliphatic rings. The van der Waals surface area contributed by atoms with Gasteiger partial charge in [-0.25, -0.2) is 0 Å². The Hall–Kier alpha value is -2.86. The maximum atomic E-state index is 12.8. The van der Waals surface area contributed by atoms with Crippen LogP contribution < -0.4 is 11.1 Å². The molecule has 0 spiro atoms. The van der Waals surface area contributed by atoms with Crippen LogP contribution in [-0.4, -0.2) is 16.4 Å². The summed E-state index contributed by atoms with van der Waals surface area (Å²) in [6, 6.07) is 14.8. The molecule has 0 unspecified atom stereocenters. The maximum Gasteiger partial charge on any atom is 0.257 e. The molecule has 1 heterocycles. The Kier molecular flexibility index (Phi) is 5.19. The average Bonchev–Trinajstić information content (AvgIpc) is 2.89. The molecule has 1 aromatic heterocycles. The van der Waals surface area contributed by atoms with E-state index < -0.39 is 5.91 Å². The van der Waals surface area contributed by atoms with Crippen molar-refractivity contribution in [3.63, 3.8) is 0 Å². The van der Waals surface area contributed by atoms with E-state index in [2.05, 4.69) is 21.2 Å². The summed E-state index contributed by atoms with van der Waals surface area (Å²) in [5.74, 6) is -0.682. The molecule has 2 amide bonds. The van der Waals surface area contributed by atoms with Gasteiger partial charge in [0.2, 0.25) is 5.91 Å². The molecule has 0 saturated carbocycles. The second kappa shape index (κ2) is 7.40. The summed E-state index contributed by atoms with van der Waals surface area (Å²) in [4.78, 5) is 24.2. The molecule has 0 saturated heterocycles. The second-order valence-corrected chi connectivity index (χ2v) is 7.36. The molecule has 0 atom stereocenters. The Bertz CT molecular complexity index is 1050. The molecule has 138 valence electrons. The van der Waals surface area contributed by atoms with E-state index in [1.165, 1.54) is 0 Å². The maximum absolute atomic E-state index is 12.8. The number of nitrogens with one attached hydrogen (secondary N) is 1. The molecule has 3 rings (SSSR count). The highest BCUT2D eigenvalue weighted by molar-refractivity contribution is 9.10. The minimum absolute atomic E-state index is 0.199.